The summed E-state index contributed by atoms with van der Waals surface area (Å²) in [7, 11) is -0.197. The predicted molar refractivity (Wildman–Crippen MR) is 68.7 cm³/mol. The lowest BCUT2D eigenvalue weighted by molar-refractivity contribution is -0.139. The molecule has 3 nitrogen and oxygen atoms in total. The van der Waals surface area contributed by atoms with Gasteiger partial charge in [-0.25, -0.2) is 4.79 Å². The van der Waals surface area contributed by atoms with E-state index in [1.54, 1.807) is 7.11 Å². The Labute approximate surface area is 100.0 Å². The van der Waals surface area contributed by atoms with Crippen molar-refractivity contribution in [3.63, 3.8) is 0 Å². The van der Waals surface area contributed by atoms with E-state index in [1.165, 1.54) is 6.08 Å². The highest BCUT2D eigenvalue weighted by atomic mass is 28.4. The molecule has 0 bridgehead atoms. The summed E-state index contributed by atoms with van der Waals surface area (Å²) >= 11 is 0. The molecule has 4 heteroatoms. The molecular formula is C12H24O3Si. The van der Waals surface area contributed by atoms with Crippen molar-refractivity contribution >= 4 is 14.3 Å². The molecule has 0 spiro atoms. The van der Waals surface area contributed by atoms with Gasteiger partial charge in [0.25, 0.3) is 0 Å². The fourth-order valence-electron chi connectivity index (χ4n) is 2.08. The summed E-state index contributed by atoms with van der Waals surface area (Å²) in [6.07, 6.45) is 3.34. The summed E-state index contributed by atoms with van der Waals surface area (Å²) in [6.45, 7) is 9.64. The van der Waals surface area contributed by atoms with Crippen molar-refractivity contribution in [3.05, 3.63) is 12.7 Å². The molecule has 0 N–H and O–H groups in total. The van der Waals surface area contributed by atoms with Crippen LogP contribution in [-0.4, -0.2) is 27.1 Å². The fraction of sp³-hybridized carbons (Fsp3) is 0.750. The summed E-state index contributed by atoms with van der Waals surface area (Å²) < 4.78 is 11.1. The predicted octanol–water partition coefficient (Wildman–Crippen LogP) is 3.06. The van der Waals surface area contributed by atoms with Gasteiger partial charge in [0.05, 0.1) is 0 Å². The summed E-state index contributed by atoms with van der Waals surface area (Å²) in [4.78, 5) is 11.2. The monoisotopic (exact) mass is 244 g/mol. The van der Waals surface area contributed by atoms with Gasteiger partial charge in [0.15, 0.2) is 0 Å². The Hall–Kier alpha value is -0.613. The van der Waals surface area contributed by atoms with Gasteiger partial charge in [0.2, 0.25) is 8.32 Å². The highest BCUT2D eigenvalue weighted by Gasteiger charge is 2.40. The molecule has 0 heterocycles. The van der Waals surface area contributed by atoms with Crippen LogP contribution in [0.25, 0.3) is 0 Å². The Morgan fingerprint density at radius 3 is 2.19 bits per heavy atom. The van der Waals surface area contributed by atoms with Gasteiger partial charge < -0.3 is 9.16 Å². The van der Waals surface area contributed by atoms with Crippen LogP contribution in [0.2, 0.25) is 12.1 Å². The number of rotatable bonds is 8. The van der Waals surface area contributed by atoms with E-state index in [4.69, 9.17) is 9.16 Å². The topological polar surface area (TPSA) is 35.5 Å². The van der Waals surface area contributed by atoms with Crippen LogP contribution in [0.4, 0.5) is 0 Å². The molecule has 0 amide bonds. The lowest BCUT2D eigenvalue weighted by atomic mass is 10.6. The number of carbonyl (C=O) groups excluding carboxylic acids is 1. The van der Waals surface area contributed by atoms with Crippen LogP contribution >= 0.6 is 0 Å². The molecule has 0 saturated heterocycles. The highest BCUT2D eigenvalue weighted by Crippen LogP contribution is 2.26. The van der Waals surface area contributed by atoms with Crippen LogP contribution in [0.15, 0.2) is 12.7 Å². The average molecular weight is 244 g/mol. The summed E-state index contributed by atoms with van der Waals surface area (Å²) in [5, 5.41) is 0. The SMILES string of the molecule is C=CC(=O)OC(C)[Si](CCC)(CCC)OC. The molecule has 0 radical (unpaired) electrons. The van der Waals surface area contributed by atoms with Crippen molar-refractivity contribution in [1.82, 2.24) is 0 Å². The minimum atomic E-state index is -1.94. The minimum absolute atomic E-state index is 0.108. The van der Waals surface area contributed by atoms with Gasteiger partial charge in [-0.05, 0) is 19.0 Å². The van der Waals surface area contributed by atoms with Crippen molar-refractivity contribution in [1.29, 1.82) is 0 Å². The molecule has 16 heavy (non-hydrogen) atoms. The zero-order valence-corrected chi connectivity index (χ0v) is 11.9. The van der Waals surface area contributed by atoms with E-state index < -0.39 is 8.32 Å². The minimum Gasteiger partial charge on any atom is -0.460 e. The Morgan fingerprint density at radius 2 is 1.88 bits per heavy atom. The Kier molecular flexibility index (Phi) is 7.33. The first-order chi connectivity index (χ1) is 7.56. The zero-order chi connectivity index (χ0) is 12.6. The molecule has 1 unspecified atom stereocenters. The van der Waals surface area contributed by atoms with E-state index >= 15 is 0 Å². The molecule has 0 aromatic heterocycles. The van der Waals surface area contributed by atoms with E-state index in [1.807, 2.05) is 6.92 Å². The third kappa shape index (κ3) is 4.10. The van der Waals surface area contributed by atoms with E-state index in [0.29, 0.717) is 0 Å². The third-order valence-corrected chi connectivity index (χ3v) is 8.06. The van der Waals surface area contributed by atoms with Crippen molar-refractivity contribution in [2.24, 2.45) is 0 Å². The Morgan fingerprint density at radius 1 is 1.38 bits per heavy atom. The molecule has 0 aromatic rings. The fourth-order valence-corrected chi connectivity index (χ4v) is 5.90. The molecule has 0 saturated carbocycles. The molecular weight excluding hydrogens is 220 g/mol. The second-order valence-corrected chi connectivity index (χ2v) is 8.40. The molecule has 0 aromatic carbocycles. The summed E-state index contributed by atoms with van der Waals surface area (Å²) in [6, 6.07) is 2.06. The second-order valence-electron chi connectivity index (χ2n) is 4.05. The van der Waals surface area contributed by atoms with Gasteiger partial charge in [0, 0.05) is 13.2 Å². The molecule has 0 rings (SSSR count). The van der Waals surface area contributed by atoms with Gasteiger partial charge >= 0.3 is 5.97 Å². The zero-order valence-electron chi connectivity index (χ0n) is 10.9. The summed E-state index contributed by atoms with van der Waals surface area (Å²) in [5.41, 5.74) is -0.108. The molecule has 1 atom stereocenters. The van der Waals surface area contributed by atoms with Crippen LogP contribution in [0.5, 0.6) is 0 Å². The average Bonchev–Trinajstić information content (AvgIpc) is 2.28. The van der Waals surface area contributed by atoms with E-state index in [9.17, 15) is 4.79 Å². The number of hydrogen-bond acceptors (Lipinski definition) is 3. The number of esters is 1. The largest absolute Gasteiger partial charge is 0.460 e. The molecule has 0 fully saturated rings. The maximum absolute atomic E-state index is 11.2. The van der Waals surface area contributed by atoms with Crippen LogP contribution in [-0.2, 0) is 14.0 Å². The van der Waals surface area contributed by atoms with Crippen LogP contribution < -0.4 is 0 Å². The van der Waals surface area contributed by atoms with Gasteiger partial charge in [-0.2, -0.15) is 0 Å². The smallest absolute Gasteiger partial charge is 0.330 e. The second kappa shape index (κ2) is 7.63. The van der Waals surface area contributed by atoms with Crippen molar-refractivity contribution in [3.8, 4) is 0 Å². The quantitative estimate of drug-likeness (QED) is 0.374. The van der Waals surface area contributed by atoms with Crippen LogP contribution in [0.1, 0.15) is 33.6 Å². The first kappa shape index (κ1) is 15.4. The van der Waals surface area contributed by atoms with Gasteiger partial charge in [-0.1, -0.05) is 33.3 Å². The maximum atomic E-state index is 11.2. The van der Waals surface area contributed by atoms with Gasteiger partial charge in [-0.3, -0.25) is 0 Å². The number of ether oxygens (including phenoxy) is 1. The number of hydrogen-bond donors (Lipinski definition) is 0. The van der Waals surface area contributed by atoms with E-state index in [-0.39, 0.29) is 11.7 Å². The molecule has 94 valence electrons. The molecule has 0 aliphatic heterocycles. The third-order valence-electron chi connectivity index (χ3n) is 2.95. The molecule has 0 aliphatic rings. The highest BCUT2D eigenvalue weighted by molar-refractivity contribution is 6.75. The van der Waals surface area contributed by atoms with Crippen molar-refractivity contribution in [2.75, 3.05) is 7.11 Å². The van der Waals surface area contributed by atoms with E-state index in [2.05, 4.69) is 20.4 Å². The van der Waals surface area contributed by atoms with Crippen LogP contribution in [0, 0.1) is 0 Å². The lowest BCUT2D eigenvalue weighted by Crippen LogP contribution is -2.50. The van der Waals surface area contributed by atoms with Crippen molar-refractivity contribution < 1.29 is 14.0 Å². The van der Waals surface area contributed by atoms with Gasteiger partial charge in [-0.15, -0.1) is 0 Å². The number of carbonyl (C=O) groups is 1. The van der Waals surface area contributed by atoms with Crippen molar-refractivity contribution in [2.45, 2.75) is 51.4 Å². The molecule has 0 aliphatic carbocycles. The Balaban J connectivity index is 4.69. The Bertz CT molecular complexity index is 222. The summed E-state index contributed by atoms with van der Waals surface area (Å²) in [5.74, 6) is -0.353. The standard InChI is InChI=1S/C12H24O3Si/c1-6-9-16(14-5,10-7-2)11(4)15-12(13)8-3/h8,11H,3,6-7,9-10H2,1-2,4-5H3. The normalized spacial score (nSPS) is 13.2. The lowest BCUT2D eigenvalue weighted by Gasteiger charge is -2.34. The first-order valence-corrected chi connectivity index (χ1v) is 8.34. The van der Waals surface area contributed by atoms with Crippen LogP contribution in [0.3, 0.4) is 0 Å². The van der Waals surface area contributed by atoms with E-state index in [0.717, 1.165) is 24.9 Å². The van der Waals surface area contributed by atoms with Gasteiger partial charge in [0.1, 0.15) is 5.73 Å². The maximum Gasteiger partial charge on any atom is 0.330 e. The first-order valence-electron chi connectivity index (χ1n) is 5.94.